The second-order valence-electron chi connectivity index (χ2n) is 8.31. The summed E-state index contributed by atoms with van der Waals surface area (Å²) in [5, 5.41) is 8.85. The first-order valence-corrected chi connectivity index (χ1v) is 12.2. The second kappa shape index (κ2) is 10.1. The summed E-state index contributed by atoms with van der Waals surface area (Å²) in [5.74, 6) is -0.202. The smallest absolute Gasteiger partial charge is 0.240 e. The number of nitrogens with one attached hydrogen (secondary N) is 1. The molecule has 0 aromatic heterocycles. The summed E-state index contributed by atoms with van der Waals surface area (Å²) in [6, 6.07) is 14.6. The van der Waals surface area contributed by atoms with Gasteiger partial charge in [-0.15, -0.1) is 0 Å². The van der Waals surface area contributed by atoms with Crippen LogP contribution in [-0.4, -0.2) is 76.2 Å². The maximum absolute atomic E-state index is 13.4. The van der Waals surface area contributed by atoms with E-state index in [0.717, 1.165) is 44.7 Å². The zero-order valence-electron chi connectivity index (χ0n) is 17.8. The van der Waals surface area contributed by atoms with Gasteiger partial charge in [-0.25, -0.2) is 17.5 Å². The van der Waals surface area contributed by atoms with Gasteiger partial charge in [0.25, 0.3) is 0 Å². The van der Waals surface area contributed by atoms with Crippen molar-refractivity contribution < 1.29 is 17.5 Å². The van der Waals surface area contributed by atoms with Crippen molar-refractivity contribution in [2.45, 2.75) is 23.5 Å². The van der Waals surface area contributed by atoms with E-state index >= 15 is 0 Å². The number of benzene rings is 2. The first kappa shape index (κ1) is 22.8. The second-order valence-corrected chi connectivity index (χ2v) is 10.1. The molecule has 0 spiro atoms. The number of nitrogens with zero attached hydrogens (tertiary/aromatic N) is 3. The number of sulfonamides is 1. The summed E-state index contributed by atoms with van der Waals surface area (Å²) in [4.78, 5) is 4.77. The van der Waals surface area contributed by atoms with Crippen LogP contribution in [0.15, 0.2) is 53.4 Å². The number of halogens is 1. The molecule has 2 saturated heterocycles. The molecule has 4 rings (SSSR count). The Morgan fingerprint density at radius 2 is 1.69 bits per heavy atom. The first-order valence-electron chi connectivity index (χ1n) is 10.8. The zero-order chi connectivity index (χ0) is 22.6. The van der Waals surface area contributed by atoms with E-state index in [9.17, 15) is 12.8 Å². The monoisotopic (exact) mass is 458 g/mol. The molecule has 2 bridgehead atoms. The van der Waals surface area contributed by atoms with Gasteiger partial charge in [-0.3, -0.25) is 9.80 Å². The SMILES string of the molecule is N#Cc1ccc(S(=O)(=O)NCCN2CC3CN(CCc4cccc(F)c4)CC(C2)O3)cc1. The Morgan fingerprint density at radius 3 is 2.31 bits per heavy atom. The number of hydrogen-bond acceptors (Lipinski definition) is 6. The van der Waals surface area contributed by atoms with Gasteiger partial charge in [0.2, 0.25) is 10.0 Å². The van der Waals surface area contributed by atoms with Gasteiger partial charge in [0.15, 0.2) is 0 Å². The summed E-state index contributed by atoms with van der Waals surface area (Å²) < 4.78 is 47.0. The maximum atomic E-state index is 13.4. The molecule has 2 fully saturated rings. The molecule has 7 nitrogen and oxygen atoms in total. The number of nitriles is 1. The van der Waals surface area contributed by atoms with E-state index in [1.807, 2.05) is 12.1 Å². The minimum Gasteiger partial charge on any atom is -0.370 e. The quantitative estimate of drug-likeness (QED) is 0.647. The molecule has 2 aromatic carbocycles. The highest BCUT2D eigenvalue weighted by Gasteiger charge is 2.34. The lowest BCUT2D eigenvalue weighted by Crippen LogP contribution is -2.60. The normalized spacial score (nSPS) is 21.9. The molecule has 2 unspecified atom stereocenters. The molecule has 0 saturated carbocycles. The van der Waals surface area contributed by atoms with E-state index in [1.165, 1.54) is 30.3 Å². The van der Waals surface area contributed by atoms with Gasteiger partial charge in [-0.05, 0) is 48.4 Å². The van der Waals surface area contributed by atoms with Gasteiger partial charge in [0.1, 0.15) is 5.82 Å². The van der Waals surface area contributed by atoms with Crippen molar-refractivity contribution in [3.05, 3.63) is 65.5 Å². The van der Waals surface area contributed by atoms with Gasteiger partial charge in [-0.2, -0.15) is 5.26 Å². The molecule has 2 aliphatic rings. The van der Waals surface area contributed by atoms with Gasteiger partial charge in [0, 0.05) is 45.8 Å². The number of fused-ring (bicyclic) bond motifs is 2. The predicted octanol–water partition coefficient (Wildman–Crippen LogP) is 1.60. The number of morpholine rings is 2. The largest absolute Gasteiger partial charge is 0.370 e. The lowest BCUT2D eigenvalue weighted by molar-refractivity contribution is -0.137. The Hall–Kier alpha value is -2.35. The molecule has 0 aliphatic carbocycles. The van der Waals surface area contributed by atoms with Gasteiger partial charge >= 0.3 is 0 Å². The fourth-order valence-corrected chi connectivity index (χ4v) is 5.36. The van der Waals surface area contributed by atoms with Gasteiger partial charge in [0.05, 0.1) is 28.7 Å². The third-order valence-electron chi connectivity index (χ3n) is 5.85. The Labute approximate surface area is 188 Å². The summed E-state index contributed by atoms with van der Waals surface area (Å²) in [7, 11) is -3.60. The van der Waals surface area contributed by atoms with Crippen molar-refractivity contribution in [2.24, 2.45) is 0 Å². The van der Waals surface area contributed by atoms with Crippen LogP contribution in [0, 0.1) is 17.1 Å². The Balaban J connectivity index is 1.23. The minimum absolute atomic E-state index is 0.0881. The predicted molar refractivity (Wildman–Crippen MR) is 118 cm³/mol. The van der Waals surface area contributed by atoms with E-state index in [0.29, 0.717) is 18.7 Å². The highest BCUT2D eigenvalue weighted by molar-refractivity contribution is 7.89. The van der Waals surface area contributed by atoms with E-state index in [2.05, 4.69) is 14.5 Å². The van der Waals surface area contributed by atoms with Gasteiger partial charge in [-0.1, -0.05) is 12.1 Å². The van der Waals surface area contributed by atoms with Gasteiger partial charge < -0.3 is 4.74 Å². The molecule has 2 aliphatic heterocycles. The maximum Gasteiger partial charge on any atom is 0.240 e. The van der Waals surface area contributed by atoms with Crippen LogP contribution in [0.25, 0.3) is 0 Å². The van der Waals surface area contributed by atoms with Crippen molar-refractivity contribution in [1.82, 2.24) is 14.5 Å². The zero-order valence-corrected chi connectivity index (χ0v) is 18.6. The van der Waals surface area contributed by atoms with Crippen molar-refractivity contribution >= 4 is 10.0 Å². The summed E-state index contributed by atoms with van der Waals surface area (Å²) in [5.41, 5.74) is 1.42. The van der Waals surface area contributed by atoms with Crippen molar-refractivity contribution in [3.8, 4) is 6.07 Å². The van der Waals surface area contributed by atoms with Crippen LogP contribution in [0.3, 0.4) is 0 Å². The lowest BCUT2D eigenvalue weighted by Gasteiger charge is -2.46. The lowest BCUT2D eigenvalue weighted by atomic mass is 10.1. The highest BCUT2D eigenvalue weighted by Crippen LogP contribution is 2.19. The molecule has 170 valence electrons. The molecular formula is C23H27FN4O3S. The van der Waals surface area contributed by atoms with Crippen molar-refractivity contribution in [3.63, 3.8) is 0 Å². The van der Waals surface area contributed by atoms with Crippen LogP contribution < -0.4 is 4.72 Å². The summed E-state index contributed by atoms with van der Waals surface area (Å²) in [6.45, 7) is 4.93. The molecule has 0 amide bonds. The number of ether oxygens (including phenoxy) is 1. The molecule has 2 atom stereocenters. The third kappa shape index (κ3) is 5.91. The standard InChI is InChI=1S/C23H27FN4O3S/c24-20-3-1-2-18(12-20)8-10-27-14-21-16-28(17-22(15-27)31-21)11-9-26-32(29,30)23-6-4-19(13-25)5-7-23/h1-7,12,21-22,26H,8-11,14-17H2. The molecular weight excluding hydrogens is 431 g/mol. The molecule has 2 heterocycles. The van der Waals surface area contributed by atoms with E-state index in [4.69, 9.17) is 10.00 Å². The van der Waals surface area contributed by atoms with Crippen molar-refractivity contribution in [2.75, 3.05) is 45.8 Å². The van der Waals surface area contributed by atoms with E-state index in [1.54, 1.807) is 12.1 Å². The summed E-state index contributed by atoms with van der Waals surface area (Å²) >= 11 is 0. The molecule has 2 aromatic rings. The topological polar surface area (TPSA) is 85.7 Å². The van der Waals surface area contributed by atoms with E-state index in [-0.39, 0.29) is 22.9 Å². The van der Waals surface area contributed by atoms with Crippen molar-refractivity contribution in [1.29, 1.82) is 5.26 Å². The first-order chi connectivity index (χ1) is 15.4. The highest BCUT2D eigenvalue weighted by atomic mass is 32.2. The number of rotatable bonds is 8. The van der Waals surface area contributed by atoms with Crippen LogP contribution in [0.1, 0.15) is 11.1 Å². The van der Waals surface area contributed by atoms with E-state index < -0.39 is 10.0 Å². The van der Waals surface area contributed by atoms with Crippen LogP contribution >= 0.6 is 0 Å². The Bertz CT molecular complexity index is 1060. The third-order valence-corrected chi connectivity index (χ3v) is 7.33. The minimum atomic E-state index is -3.60. The average molecular weight is 459 g/mol. The fourth-order valence-electron chi connectivity index (χ4n) is 4.34. The molecule has 9 heteroatoms. The average Bonchev–Trinajstić information content (AvgIpc) is 2.77. The summed E-state index contributed by atoms with van der Waals surface area (Å²) in [6.07, 6.45) is 0.980. The van der Waals surface area contributed by atoms with Crippen LogP contribution in [0.4, 0.5) is 4.39 Å². The molecule has 1 N–H and O–H groups in total. The number of hydrogen-bond donors (Lipinski definition) is 1. The van der Waals surface area contributed by atoms with Crippen LogP contribution in [-0.2, 0) is 21.2 Å². The fraction of sp³-hybridized carbons (Fsp3) is 0.435. The molecule has 32 heavy (non-hydrogen) atoms. The van der Waals surface area contributed by atoms with Crippen LogP contribution in [0.5, 0.6) is 0 Å². The van der Waals surface area contributed by atoms with Crippen LogP contribution in [0.2, 0.25) is 0 Å². The Kier molecular flexibility index (Phi) is 7.18. The Morgan fingerprint density at radius 1 is 1.03 bits per heavy atom. The molecule has 0 radical (unpaired) electrons.